The van der Waals surface area contributed by atoms with Gasteiger partial charge >= 0.3 is 0 Å². The number of aromatic nitrogens is 2. The molecule has 5 rings (SSSR count). The molecule has 61 heavy (non-hydrogen) atoms. The topological polar surface area (TPSA) is 68.6 Å². The highest BCUT2D eigenvalue weighted by atomic mass is 32.2. The van der Waals surface area contributed by atoms with E-state index in [9.17, 15) is 8.78 Å². The van der Waals surface area contributed by atoms with Gasteiger partial charge in [-0.25, -0.2) is 17.9 Å². The van der Waals surface area contributed by atoms with Crippen molar-refractivity contribution in [3.63, 3.8) is 0 Å². The molecule has 4 aromatic heterocycles. The van der Waals surface area contributed by atoms with E-state index in [1.807, 2.05) is 12.1 Å². The molecule has 0 aliphatic heterocycles. The molecule has 0 saturated heterocycles. The van der Waals surface area contributed by atoms with E-state index in [1.54, 1.807) is 53.3 Å². The van der Waals surface area contributed by atoms with Gasteiger partial charge in [-0.3, -0.25) is 0 Å². The first-order valence-electron chi connectivity index (χ1n) is 22.4. The zero-order valence-corrected chi connectivity index (χ0v) is 40.4. The highest BCUT2D eigenvalue weighted by Crippen LogP contribution is 2.56. The SMILES string of the molecule is C=C(F)/C=C(\C=N\SNC)c1ccc(-c2sc(-c3ccc(-c4cc(F)cc5nsnc45)s3)c(OCCCCCCCCCCCC)c2OCCCCCCCCCCCC)s1. The van der Waals surface area contributed by atoms with E-state index in [4.69, 9.17) is 9.47 Å². The lowest BCUT2D eigenvalue weighted by Crippen LogP contribution is -2.02. The van der Waals surface area contributed by atoms with E-state index in [0.717, 1.165) is 83.7 Å². The number of nitrogens with zero attached hydrogens (tertiary/aromatic N) is 3. The summed E-state index contributed by atoms with van der Waals surface area (Å²) in [4.78, 5) is 5.74. The third-order valence-electron chi connectivity index (χ3n) is 10.5. The van der Waals surface area contributed by atoms with Crippen LogP contribution in [-0.4, -0.2) is 35.2 Å². The molecule has 13 heteroatoms. The Morgan fingerprint density at radius 3 is 1.79 bits per heavy atom. The van der Waals surface area contributed by atoms with Crippen LogP contribution < -0.4 is 14.2 Å². The number of hydrogen-bond acceptors (Lipinski definition) is 11. The quantitative estimate of drug-likeness (QED) is 0.0201. The van der Waals surface area contributed by atoms with Crippen LogP contribution in [0.3, 0.4) is 0 Å². The number of allylic oxidation sites excluding steroid dienone is 3. The van der Waals surface area contributed by atoms with Crippen LogP contribution in [0.15, 0.2) is 59.3 Å². The number of halogens is 2. The van der Waals surface area contributed by atoms with Crippen LogP contribution in [0.5, 0.6) is 11.5 Å². The first-order chi connectivity index (χ1) is 29.9. The van der Waals surface area contributed by atoms with Gasteiger partial charge in [0.25, 0.3) is 0 Å². The van der Waals surface area contributed by atoms with Gasteiger partial charge in [0.15, 0.2) is 11.5 Å². The third kappa shape index (κ3) is 16.0. The number of unbranched alkanes of at least 4 members (excludes halogenated alkanes) is 18. The minimum atomic E-state index is -0.537. The summed E-state index contributed by atoms with van der Waals surface area (Å²) in [5.41, 5.74) is 2.63. The normalized spacial score (nSPS) is 12.0. The predicted molar refractivity (Wildman–Crippen MR) is 265 cm³/mol. The second kappa shape index (κ2) is 28.0. The average molecular weight is 927 g/mol. The van der Waals surface area contributed by atoms with E-state index in [1.165, 1.54) is 127 Å². The number of rotatable bonds is 32. The Balaban J connectivity index is 1.42. The number of nitrogens with one attached hydrogen (secondary N) is 1. The third-order valence-corrected chi connectivity index (χ3v) is 15.2. The fourth-order valence-corrected chi connectivity index (χ4v) is 11.5. The molecule has 0 unspecified atom stereocenters. The minimum Gasteiger partial charge on any atom is -0.488 e. The number of fused-ring (bicyclic) bond motifs is 1. The van der Waals surface area contributed by atoms with Gasteiger partial charge in [-0.2, -0.15) is 8.75 Å². The maximum absolute atomic E-state index is 14.8. The maximum atomic E-state index is 14.8. The summed E-state index contributed by atoms with van der Waals surface area (Å²) in [6.07, 6.45) is 28.0. The van der Waals surface area contributed by atoms with Crippen molar-refractivity contribution in [1.82, 2.24) is 13.5 Å². The lowest BCUT2D eigenvalue weighted by atomic mass is 10.1. The van der Waals surface area contributed by atoms with Gasteiger partial charge in [-0.05, 0) is 56.3 Å². The van der Waals surface area contributed by atoms with Crippen molar-refractivity contribution in [2.45, 2.75) is 142 Å². The predicted octanol–water partition coefficient (Wildman–Crippen LogP) is 17.3. The molecule has 332 valence electrons. The fraction of sp³-hybridized carbons (Fsp3) is 0.521. The van der Waals surface area contributed by atoms with Crippen LogP contribution in [0.2, 0.25) is 0 Å². The van der Waals surface area contributed by atoms with Crippen LogP contribution in [0.1, 0.15) is 147 Å². The van der Waals surface area contributed by atoms with E-state index in [2.05, 4.69) is 50.4 Å². The number of benzene rings is 1. The van der Waals surface area contributed by atoms with Gasteiger partial charge in [0.2, 0.25) is 0 Å². The van der Waals surface area contributed by atoms with Crippen molar-refractivity contribution >= 4 is 80.7 Å². The molecule has 0 atom stereocenters. The van der Waals surface area contributed by atoms with Gasteiger partial charge in [-0.15, -0.1) is 34.0 Å². The van der Waals surface area contributed by atoms with E-state index in [0.29, 0.717) is 29.8 Å². The van der Waals surface area contributed by atoms with Crippen LogP contribution in [0.4, 0.5) is 8.78 Å². The smallest absolute Gasteiger partial charge is 0.181 e. The summed E-state index contributed by atoms with van der Waals surface area (Å²) in [5.74, 6) is 0.638. The lowest BCUT2D eigenvalue weighted by Gasteiger charge is -2.12. The molecule has 0 spiro atoms. The first-order valence-corrected chi connectivity index (χ1v) is 26.4. The van der Waals surface area contributed by atoms with E-state index in [-0.39, 0.29) is 5.82 Å². The fourth-order valence-electron chi connectivity index (χ4n) is 7.25. The molecule has 0 saturated carbocycles. The average Bonchev–Trinajstić information content (AvgIpc) is 4.08. The lowest BCUT2D eigenvalue weighted by molar-refractivity contribution is 0.262. The van der Waals surface area contributed by atoms with Crippen LogP contribution in [0.25, 0.3) is 46.6 Å². The summed E-state index contributed by atoms with van der Waals surface area (Å²) in [6, 6.07) is 11.2. The first kappa shape index (κ1) is 49.1. The largest absolute Gasteiger partial charge is 0.488 e. The minimum absolute atomic E-state index is 0.334. The summed E-state index contributed by atoms with van der Waals surface area (Å²) in [5, 5.41) is 0. The Bertz CT molecular complexity index is 2100. The van der Waals surface area contributed by atoms with Gasteiger partial charge < -0.3 is 9.47 Å². The highest BCUT2D eigenvalue weighted by molar-refractivity contribution is 7.96. The Kier molecular flexibility index (Phi) is 22.5. The van der Waals surface area contributed by atoms with Crippen molar-refractivity contribution in [2.24, 2.45) is 4.40 Å². The molecule has 4 heterocycles. The van der Waals surface area contributed by atoms with Crippen molar-refractivity contribution in [3.8, 4) is 41.4 Å². The molecule has 0 radical (unpaired) electrons. The van der Waals surface area contributed by atoms with Gasteiger partial charge in [0, 0.05) is 42.9 Å². The number of thiophene rings is 3. The molecule has 0 aliphatic carbocycles. The molecular formula is C48H64F2N4O2S5. The van der Waals surface area contributed by atoms with Crippen LogP contribution in [0, 0.1) is 5.82 Å². The molecular weight excluding hydrogens is 863 g/mol. The molecule has 0 bridgehead atoms. The molecule has 0 fully saturated rings. The summed E-state index contributed by atoms with van der Waals surface area (Å²) >= 11 is 7.07. The second-order valence-corrected chi connectivity index (χ2v) is 20.0. The van der Waals surface area contributed by atoms with Crippen molar-refractivity contribution in [1.29, 1.82) is 0 Å². The molecule has 1 N–H and O–H groups in total. The van der Waals surface area contributed by atoms with Gasteiger partial charge in [0.05, 0.1) is 46.8 Å². The number of hydrogen-bond donors (Lipinski definition) is 1. The molecule has 0 amide bonds. The molecule has 1 aromatic carbocycles. The maximum Gasteiger partial charge on any atom is 0.181 e. The Morgan fingerprint density at radius 2 is 1.23 bits per heavy atom. The highest BCUT2D eigenvalue weighted by Gasteiger charge is 2.27. The summed E-state index contributed by atoms with van der Waals surface area (Å²) < 4.78 is 58.7. The monoisotopic (exact) mass is 926 g/mol. The van der Waals surface area contributed by atoms with E-state index >= 15 is 0 Å². The van der Waals surface area contributed by atoms with Crippen LogP contribution in [-0.2, 0) is 0 Å². The van der Waals surface area contributed by atoms with Gasteiger partial charge in [-0.1, -0.05) is 136 Å². The van der Waals surface area contributed by atoms with Gasteiger partial charge in [0.1, 0.15) is 22.7 Å². The Morgan fingerprint density at radius 1 is 0.705 bits per heavy atom. The Labute approximate surface area is 384 Å². The van der Waals surface area contributed by atoms with Crippen molar-refractivity contribution in [2.75, 3.05) is 20.3 Å². The number of ether oxygens (including phenoxy) is 2. The van der Waals surface area contributed by atoms with Crippen LogP contribution >= 0.6 is 57.9 Å². The van der Waals surface area contributed by atoms with Crippen molar-refractivity contribution < 1.29 is 18.3 Å². The molecule has 5 aromatic rings. The van der Waals surface area contributed by atoms with Crippen molar-refractivity contribution in [3.05, 3.63) is 65.6 Å². The summed E-state index contributed by atoms with van der Waals surface area (Å²) in [7, 11) is 1.79. The zero-order chi connectivity index (χ0) is 43.1. The Hall–Kier alpha value is -2.94. The molecule has 0 aliphatic rings. The molecule has 6 nitrogen and oxygen atoms in total. The standard InChI is InChI=1S/C48H64F2N4O2S5/c1-5-7-9-11-13-15-17-19-21-23-29-55-45-46(56-30-24-22-20-18-16-14-12-10-8-6-2)48(43-28-26-41(58-43)38-32-37(50)33-39-44(38)54-61-53-39)59-47(45)42-27-25-40(57-42)36(31-35(3)49)34-52-60-51-4/h25-28,31-34,51H,3,5-24,29-30H2,1-2,4H3/b36-31+,52-34+. The summed E-state index contributed by atoms with van der Waals surface area (Å²) in [6.45, 7) is 9.18. The second-order valence-electron chi connectivity index (χ2n) is 15.5. The van der Waals surface area contributed by atoms with E-state index < -0.39 is 5.83 Å². The zero-order valence-electron chi connectivity index (χ0n) is 36.3.